The van der Waals surface area contributed by atoms with Crippen LogP contribution < -0.4 is 5.73 Å². The zero-order valence-corrected chi connectivity index (χ0v) is 8.83. The van der Waals surface area contributed by atoms with Gasteiger partial charge in [0.05, 0.1) is 6.61 Å². The standard InChI is InChI=1S/C12H16N2O/c1-12(7-13,8-15)11-6-9-4-2-3-5-10(9)14-11/h2-6,14-15H,7-8,13H2,1H3. The highest BCUT2D eigenvalue weighted by Gasteiger charge is 2.25. The molecular formula is C12H16N2O. The topological polar surface area (TPSA) is 62.0 Å². The Kier molecular flexibility index (Phi) is 2.50. The lowest BCUT2D eigenvalue weighted by Gasteiger charge is -2.23. The number of nitrogens with one attached hydrogen (secondary N) is 1. The number of aromatic nitrogens is 1. The van der Waals surface area contributed by atoms with Crippen LogP contribution in [0, 0.1) is 0 Å². The smallest absolute Gasteiger partial charge is 0.0551 e. The number of aliphatic hydroxyl groups is 1. The second-order valence-electron chi connectivity index (χ2n) is 4.19. The van der Waals surface area contributed by atoms with E-state index >= 15 is 0 Å². The largest absolute Gasteiger partial charge is 0.395 e. The fourth-order valence-corrected chi connectivity index (χ4v) is 1.66. The number of nitrogens with two attached hydrogens (primary N) is 1. The van der Waals surface area contributed by atoms with E-state index in [1.807, 2.05) is 31.2 Å². The van der Waals surface area contributed by atoms with Crippen molar-refractivity contribution in [3.8, 4) is 0 Å². The first kappa shape index (κ1) is 10.2. The van der Waals surface area contributed by atoms with E-state index in [1.165, 1.54) is 0 Å². The highest BCUT2D eigenvalue weighted by atomic mass is 16.3. The molecular weight excluding hydrogens is 188 g/mol. The van der Waals surface area contributed by atoms with Crippen molar-refractivity contribution in [1.82, 2.24) is 4.98 Å². The highest BCUT2D eigenvalue weighted by Crippen LogP contribution is 2.25. The Morgan fingerprint density at radius 3 is 2.73 bits per heavy atom. The molecule has 1 aromatic heterocycles. The van der Waals surface area contributed by atoms with Gasteiger partial charge in [-0.05, 0) is 17.5 Å². The zero-order valence-electron chi connectivity index (χ0n) is 8.83. The van der Waals surface area contributed by atoms with Crippen LogP contribution in [0.3, 0.4) is 0 Å². The van der Waals surface area contributed by atoms with Crippen LogP contribution in [0.2, 0.25) is 0 Å². The summed E-state index contributed by atoms with van der Waals surface area (Å²) in [4.78, 5) is 3.30. The zero-order chi connectivity index (χ0) is 10.9. The third-order valence-corrected chi connectivity index (χ3v) is 2.98. The van der Waals surface area contributed by atoms with E-state index in [2.05, 4.69) is 11.1 Å². The Hall–Kier alpha value is -1.32. The van der Waals surface area contributed by atoms with Gasteiger partial charge in [-0.1, -0.05) is 25.1 Å². The second kappa shape index (κ2) is 3.68. The number of rotatable bonds is 3. The summed E-state index contributed by atoms with van der Waals surface area (Å²) in [6, 6.07) is 10.1. The second-order valence-corrected chi connectivity index (χ2v) is 4.19. The van der Waals surface area contributed by atoms with Crippen molar-refractivity contribution in [1.29, 1.82) is 0 Å². The minimum absolute atomic E-state index is 0.0519. The van der Waals surface area contributed by atoms with Gasteiger partial charge in [0.2, 0.25) is 0 Å². The lowest BCUT2D eigenvalue weighted by Crippen LogP contribution is -2.35. The SMILES string of the molecule is CC(CN)(CO)c1cc2ccccc2[nH]1. The summed E-state index contributed by atoms with van der Waals surface area (Å²) >= 11 is 0. The Balaban J connectivity index is 2.52. The molecule has 0 aliphatic rings. The fourth-order valence-electron chi connectivity index (χ4n) is 1.66. The summed E-state index contributed by atoms with van der Waals surface area (Å²) in [7, 11) is 0. The first-order chi connectivity index (χ1) is 7.19. The average Bonchev–Trinajstić information content (AvgIpc) is 2.72. The number of hydrogen-bond acceptors (Lipinski definition) is 2. The molecule has 0 amide bonds. The Labute approximate surface area is 88.9 Å². The maximum atomic E-state index is 9.36. The molecule has 0 saturated heterocycles. The van der Waals surface area contributed by atoms with Gasteiger partial charge in [0.1, 0.15) is 0 Å². The van der Waals surface area contributed by atoms with Gasteiger partial charge in [-0.2, -0.15) is 0 Å². The van der Waals surface area contributed by atoms with Crippen molar-refractivity contribution in [2.75, 3.05) is 13.2 Å². The van der Waals surface area contributed by atoms with E-state index < -0.39 is 0 Å². The highest BCUT2D eigenvalue weighted by molar-refractivity contribution is 5.80. The van der Waals surface area contributed by atoms with Crippen molar-refractivity contribution in [3.05, 3.63) is 36.0 Å². The van der Waals surface area contributed by atoms with E-state index in [0.29, 0.717) is 6.54 Å². The Morgan fingerprint density at radius 1 is 1.40 bits per heavy atom. The molecule has 1 atom stereocenters. The molecule has 0 saturated carbocycles. The first-order valence-corrected chi connectivity index (χ1v) is 5.09. The molecule has 15 heavy (non-hydrogen) atoms. The summed E-state index contributed by atoms with van der Waals surface area (Å²) in [5, 5.41) is 10.5. The molecule has 3 heteroatoms. The number of H-pyrrole nitrogens is 1. The quantitative estimate of drug-likeness (QED) is 0.707. The van der Waals surface area contributed by atoms with E-state index in [1.54, 1.807) is 0 Å². The first-order valence-electron chi connectivity index (χ1n) is 5.09. The van der Waals surface area contributed by atoms with Crippen LogP contribution in [0.4, 0.5) is 0 Å². The van der Waals surface area contributed by atoms with E-state index in [0.717, 1.165) is 16.6 Å². The van der Waals surface area contributed by atoms with Crippen molar-refractivity contribution >= 4 is 10.9 Å². The summed E-state index contributed by atoms with van der Waals surface area (Å²) in [6.45, 7) is 2.43. The predicted molar refractivity (Wildman–Crippen MR) is 61.8 cm³/mol. The molecule has 1 unspecified atom stereocenters. The van der Waals surface area contributed by atoms with Gasteiger partial charge in [0.15, 0.2) is 0 Å². The number of aliphatic hydroxyl groups excluding tert-OH is 1. The van der Waals surface area contributed by atoms with Gasteiger partial charge >= 0.3 is 0 Å². The third-order valence-electron chi connectivity index (χ3n) is 2.98. The van der Waals surface area contributed by atoms with Crippen molar-refractivity contribution in [2.24, 2.45) is 5.73 Å². The molecule has 4 N–H and O–H groups in total. The van der Waals surface area contributed by atoms with E-state index in [9.17, 15) is 5.11 Å². The lowest BCUT2D eigenvalue weighted by molar-refractivity contribution is 0.207. The van der Waals surface area contributed by atoms with Gasteiger partial charge in [0, 0.05) is 23.2 Å². The van der Waals surface area contributed by atoms with Gasteiger partial charge < -0.3 is 15.8 Å². The van der Waals surface area contributed by atoms with E-state index in [4.69, 9.17) is 5.73 Å². The van der Waals surface area contributed by atoms with Crippen LogP contribution in [-0.2, 0) is 5.41 Å². The summed E-state index contributed by atoms with van der Waals surface area (Å²) in [6.07, 6.45) is 0. The molecule has 0 bridgehead atoms. The maximum absolute atomic E-state index is 9.36. The average molecular weight is 204 g/mol. The van der Waals surface area contributed by atoms with Crippen LogP contribution in [-0.4, -0.2) is 23.2 Å². The third kappa shape index (κ3) is 1.64. The minimum Gasteiger partial charge on any atom is -0.395 e. The number of aromatic amines is 1. The molecule has 1 aromatic carbocycles. The van der Waals surface area contributed by atoms with Crippen LogP contribution >= 0.6 is 0 Å². The molecule has 80 valence electrons. The number of benzene rings is 1. The molecule has 0 aliphatic carbocycles. The summed E-state index contributed by atoms with van der Waals surface area (Å²) < 4.78 is 0. The Bertz CT molecular complexity index is 424. The number of hydrogen-bond donors (Lipinski definition) is 3. The summed E-state index contributed by atoms with van der Waals surface area (Å²) in [5.41, 5.74) is 7.39. The van der Waals surface area contributed by atoms with Gasteiger partial charge in [-0.15, -0.1) is 0 Å². The van der Waals surface area contributed by atoms with Gasteiger partial charge in [-0.25, -0.2) is 0 Å². The van der Waals surface area contributed by atoms with E-state index in [-0.39, 0.29) is 12.0 Å². The molecule has 0 aliphatic heterocycles. The molecule has 3 nitrogen and oxygen atoms in total. The van der Waals surface area contributed by atoms with Crippen LogP contribution in [0.15, 0.2) is 30.3 Å². The number of fused-ring (bicyclic) bond motifs is 1. The predicted octanol–water partition coefficient (Wildman–Crippen LogP) is 1.38. The molecule has 1 heterocycles. The van der Waals surface area contributed by atoms with Crippen LogP contribution in [0.1, 0.15) is 12.6 Å². The minimum atomic E-state index is -0.376. The van der Waals surface area contributed by atoms with Crippen LogP contribution in [0.25, 0.3) is 10.9 Å². The van der Waals surface area contributed by atoms with Crippen LogP contribution in [0.5, 0.6) is 0 Å². The summed E-state index contributed by atoms with van der Waals surface area (Å²) in [5.74, 6) is 0. The lowest BCUT2D eigenvalue weighted by atomic mass is 9.88. The number of para-hydroxylation sites is 1. The normalized spacial score (nSPS) is 15.4. The van der Waals surface area contributed by atoms with Crippen molar-refractivity contribution < 1.29 is 5.11 Å². The van der Waals surface area contributed by atoms with Gasteiger partial charge in [-0.3, -0.25) is 0 Å². The molecule has 0 spiro atoms. The molecule has 0 fully saturated rings. The van der Waals surface area contributed by atoms with Gasteiger partial charge in [0.25, 0.3) is 0 Å². The maximum Gasteiger partial charge on any atom is 0.0551 e. The van der Waals surface area contributed by atoms with Crippen molar-refractivity contribution in [3.63, 3.8) is 0 Å². The molecule has 2 aromatic rings. The molecule has 0 radical (unpaired) electrons. The van der Waals surface area contributed by atoms with Crippen molar-refractivity contribution in [2.45, 2.75) is 12.3 Å². The Morgan fingerprint density at radius 2 is 2.13 bits per heavy atom. The monoisotopic (exact) mass is 204 g/mol. The fraction of sp³-hybridized carbons (Fsp3) is 0.333. The molecule has 2 rings (SSSR count).